The minimum atomic E-state index is -1.08. The van der Waals surface area contributed by atoms with Crippen molar-refractivity contribution in [3.05, 3.63) is 70.8 Å². The number of rotatable bonds is 3. The lowest BCUT2D eigenvalue weighted by molar-refractivity contribution is -0.145. The first-order valence-electron chi connectivity index (χ1n) is 7.36. The van der Waals surface area contributed by atoms with Crippen LogP contribution in [-0.4, -0.2) is 36.9 Å². The van der Waals surface area contributed by atoms with Crippen molar-refractivity contribution >= 4 is 11.9 Å². The van der Waals surface area contributed by atoms with Gasteiger partial charge in [-0.05, 0) is 19.4 Å². The first-order valence-corrected chi connectivity index (χ1v) is 7.36. The van der Waals surface area contributed by atoms with E-state index in [9.17, 15) is 14.4 Å². The molecular formula is C17H17N3O5. The Bertz CT molecular complexity index is 880. The zero-order valence-electron chi connectivity index (χ0n) is 13.4. The number of carboxylic acid groups (broad SMARTS) is 2. The Hall–Kier alpha value is -3.42. The van der Waals surface area contributed by atoms with Gasteiger partial charge in [-0.1, -0.05) is 24.3 Å². The lowest BCUT2D eigenvalue weighted by Crippen LogP contribution is -2.28. The van der Waals surface area contributed by atoms with Gasteiger partial charge in [-0.2, -0.15) is 5.10 Å². The molecule has 0 spiro atoms. The average molecular weight is 343 g/mol. The fourth-order valence-corrected chi connectivity index (χ4v) is 2.19. The summed E-state index contributed by atoms with van der Waals surface area (Å²) >= 11 is 0. The van der Waals surface area contributed by atoms with Crippen LogP contribution in [0.4, 0.5) is 0 Å². The third-order valence-electron chi connectivity index (χ3n) is 3.64. The fraction of sp³-hybridized carbons (Fsp3) is 0.176. The summed E-state index contributed by atoms with van der Waals surface area (Å²) in [6, 6.07) is 6.72. The van der Waals surface area contributed by atoms with Gasteiger partial charge in [0.25, 0.3) is 5.56 Å². The van der Waals surface area contributed by atoms with Gasteiger partial charge in [-0.15, -0.1) is 0 Å². The molecule has 25 heavy (non-hydrogen) atoms. The van der Waals surface area contributed by atoms with Gasteiger partial charge in [0.15, 0.2) is 5.82 Å². The van der Waals surface area contributed by atoms with Crippen LogP contribution < -0.4 is 5.56 Å². The van der Waals surface area contributed by atoms with Crippen LogP contribution in [0.5, 0.6) is 0 Å². The van der Waals surface area contributed by atoms with Crippen molar-refractivity contribution in [2.24, 2.45) is 5.41 Å². The van der Waals surface area contributed by atoms with Crippen LogP contribution in [0, 0.1) is 5.41 Å². The van der Waals surface area contributed by atoms with E-state index in [0.29, 0.717) is 5.82 Å². The number of carboxylic acids is 2. The summed E-state index contributed by atoms with van der Waals surface area (Å²) in [7, 11) is 0. The summed E-state index contributed by atoms with van der Waals surface area (Å²) in [4.78, 5) is 32.6. The number of aliphatic carboxylic acids is 2. The number of hydrogen-bond acceptors (Lipinski definition) is 4. The Labute approximate surface area is 142 Å². The van der Waals surface area contributed by atoms with Crippen LogP contribution in [-0.2, 0) is 9.59 Å². The van der Waals surface area contributed by atoms with Crippen LogP contribution in [0.2, 0.25) is 0 Å². The predicted molar refractivity (Wildman–Crippen MR) is 89.4 cm³/mol. The smallest absolute Gasteiger partial charge is 0.331 e. The number of H-pyrrole nitrogens is 1. The second kappa shape index (κ2) is 7.43. The quantitative estimate of drug-likeness (QED) is 0.777. The van der Waals surface area contributed by atoms with Gasteiger partial charge in [0.2, 0.25) is 0 Å². The van der Waals surface area contributed by atoms with Gasteiger partial charge >= 0.3 is 11.9 Å². The molecule has 0 aromatic carbocycles. The molecule has 2 aromatic rings. The van der Waals surface area contributed by atoms with Crippen LogP contribution >= 0.6 is 0 Å². The highest BCUT2D eigenvalue weighted by Gasteiger charge is 2.34. The minimum Gasteiger partial charge on any atom is -0.481 e. The van der Waals surface area contributed by atoms with Gasteiger partial charge in [0, 0.05) is 30.1 Å². The Kier molecular flexibility index (Phi) is 5.33. The summed E-state index contributed by atoms with van der Waals surface area (Å²) in [5.74, 6) is -1.45. The van der Waals surface area contributed by atoms with Crippen LogP contribution in [0.3, 0.4) is 0 Å². The van der Waals surface area contributed by atoms with E-state index in [4.69, 9.17) is 10.2 Å². The van der Waals surface area contributed by atoms with Gasteiger partial charge in [0.1, 0.15) is 0 Å². The van der Waals surface area contributed by atoms with Gasteiger partial charge in [-0.3, -0.25) is 19.3 Å². The van der Waals surface area contributed by atoms with Gasteiger partial charge in [-0.25, -0.2) is 4.79 Å². The van der Waals surface area contributed by atoms with Crippen molar-refractivity contribution in [2.45, 2.75) is 13.3 Å². The number of carbonyl (C=O) groups is 2. The highest BCUT2D eigenvalue weighted by molar-refractivity contribution is 5.90. The molecule has 2 aromatic heterocycles. The summed E-state index contributed by atoms with van der Waals surface area (Å²) in [6.45, 7) is 1.50. The van der Waals surface area contributed by atoms with E-state index in [1.54, 1.807) is 30.6 Å². The third-order valence-corrected chi connectivity index (χ3v) is 3.64. The lowest BCUT2D eigenvalue weighted by atomic mass is 9.80. The molecular weight excluding hydrogens is 326 g/mol. The Morgan fingerprint density at radius 2 is 2.04 bits per heavy atom. The molecule has 0 radical (unpaired) electrons. The molecule has 8 heteroatoms. The second-order valence-electron chi connectivity index (χ2n) is 5.60. The molecule has 1 unspecified atom stereocenters. The Balaban J connectivity index is 0.000000181. The summed E-state index contributed by atoms with van der Waals surface area (Å²) < 4.78 is 1.47. The largest absolute Gasteiger partial charge is 0.481 e. The average Bonchev–Trinajstić information content (AvgIpc) is 3.10. The minimum absolute atomic E-state index is 0.0359. The highest BCUT2D eigenvalue weighted by Crippen LogP contribution is 2.31. The first kappa shape index (κ1) is 17.9. The van der Waals surface area contributed by atoms with Gasteiger partial charge in [0.05, 0.1) is 5.41 Å². The van der Waals surface area contributed by atoms with Crippen molar-refractivity contribution in [3.8, 4) is 5.82 Å². The van der Waals surface area contributed by atoms with E-state index in [0.717, 1.165) is 0 Å². The molecule has 3 N–H and O–H groups in total. The number of pyridine rings is 1. The Morgan fingerprint density at radius 3 is 2.60 bits per heavy atom. The first-order chi connectivity index (χ1) is 11.8. The van der Waals surface area contributed by atoms with Crippen molar-refractivity contribution in [1.29, 1.82) is 0 Å². The number of nitrogens with one attached hydrogen (secondary N) is 1. The molecule has 0 bridgehead atoms. The SMILES string of the molecule is CC1(C(=O)O)C=CC=C(C(=O)O)C1.O=c1ccccn1-c1cc[nH]n1. The van der Waals surface area contributed by atoms with Crippen molar-refractivity contribution in [2.75, 3.05) is 0 Å². The standard InChI is InChI=1S/C9H10O4.C8H7N3O/c1-9(8(12)13)4-2-3-6(5-9)7(10)11;12-8-3-1-2-6-11(8)7-4-5-9-10-7/h2-4H,5H2,1H3,(H,10,11)(H,12,13);1-6H,(H,9,10). The third kappa shape index (κ3) is 4.31. The predicted octanol–water partition coefficient (Wildman–Crippen LogP) is 1.61. The molecule has 1 aliphatic rings. The lowest BCUT2D eigenvalue weighted by Gasteiger charge is -2.23. The zero-order chi connectivity index (χ0) is 18.4. The summed E-state index contributed by atoms with van der Waals surface area (Å²) in [6.07, 6.45) is 7.79. The molecule has 0 fully saturated rings. The highest BCUT2D eigenvalue weighted by atomic mass is 16.4. The molecule has 1 atom stereocenters. The van der Waals surface area contributed by atoms with E-state index in [2.05, 4.69) is 10.2 Å². The van der Waals surface area contributed by atoms with E-state index >= 15 is 0 Å². The molecule has 0 saturated heterocycles. The summed E-state index contributed by atoms with van der Waals surface area (Å²) in [5.41, 5.74) is -1.03. The van der Waals surface area contributed by atoms with Crippen molar-refractivity contribution < 1.29 is 19.8 Å². The fourth-order valence-electron chi connectivity index (χ4n) is 2.19. The zero-order valence-corrected chi connectivity index (χ0v) is 13.4. The van der Waals surface area contributed by atoms with Crippen molar-refractivity contribution in [3.63, 3.8) is 0 Å². The normalized spacial score (nSPS) is 18.7. The second-order valence-corrected chi connectivity index (χ2v) is 5.60. The maximum atomic E-state index is 11.2. The maximum absolute atomic E-state index is 11.2. The molecule has 0 saturated carbocycles. The molecule has 3 rings (SSSR count). The number of aromatic nitrogens is 3. The van der Waals surface area contributed by atoms with Crippen molar-refractivity contribution in [1.82, 2.24) is 14.8 Å². The van der Waals surface area contributed by atoms with Crippen LogP contribution in [0.1, 0.15) is 13.3 Å². The van der Waals surface area contributed by atoms with E-state index < -0.39 is 17.4 Å². The van der Waals surface area contributed by atoms with Crippen LogP contribution in [0.15, 0.2) is 65.3 Å². The van der Waals surface area contributed by atoms with Gasteiger partial charge < -0.3 is 10.2 Å². The summed E-state index contributed by atoms with van der Waals surface area (Å²) in [5, 5.41) is 24.0. The van der Waals surface area contributed by atoms with E-state index in [1.165, 1.54) is 35.8 Å². The molecule has 1 aliphatic carbocycles. The van der Waals surface area contributed by atoms with Crippen LogP contribution in [0.25, 0.3) is 5.82 Å². The molecule has 0 amide bonds. The number of aromatic amines is 1. The molecule has 0 aliphatic heterocycles. The Morgan fingerprint density at radius 1 is 1.28 bits per heavy atom. The van der Waals surface area contributed by atoms with E-state index in [1.807, 2.05) is 0 Å². The topological polar surface area (TPSA) is 125 Å². The molecule has 8 nitrogen and oxygen atoms in total. The molecule has 130 valence electrons. The molecule has 2 heterocycles. The number of nitrogens with zero attached hydrogens (tertiary/aromatic N) is 2. The number of allylic oxidation sites excluding steroid dienone is 2. The monoisotopic (exact) mass is 343 g/mol. The van der Waals surface area contributed by atoms with E-state index in [-0.39, 0.29) is 17.6 Å². The number of hydrogen-bond donors (Lipinski definition) is 3. The maximum Gasteiger partial charge on any atom is 0.331 e.